The molecule has 2 saturated carbocycles. The van der Waals surface area contributed by atoms with Gasteiger partial charge in [-0.05, 0) is 74.7 Å². The third kappa shape index (κ3) is 5.58. The molecule has 2 heterocycles. The molecule has 2 aliphatic carbocycles. The monoisotopic (exact) mass is 528 g/mol. The Balaban J connectivity index is 1.18. The fourth-order valence-corrected chi connectivity index (χ4v) is 5.19. The average Bonchev–Trinajstić information content (AvgIpc) is 3.87. The number of hydrogen-bond donors (Lipinski definition) is 1. The number of nitrogens with zero attached hydrogens (tertiary/aromatic N) is 3. The van der Waals surface area contributed by atoms with Gasteiger partial charge < -0.3 is 15.0 Å². The molecule has 0 bridgehead atoms. The molecule has 1 saturated heterocycles. The lowest BCUT2D eigenvalue weighted by molar-refractivity contribution is -0.123. The van der Waals surface area contributed by atoms with Crippen molar-refractivity contribution in [1.82, 2.24) is 14.8 Å². The minimum atomic E-state index is -0.468. The predicted octanol–water partition coefficient (Wildman–Crippen LogP) is 4.57. The first-order valence-corrected chi connectivity index (χ1v) is 13.7. The van der Waals surface area contributed by atoms with Gasteiger partial charge in [-0.2, -0.15) is 0 Å². The molecule has 0 radical (unpaired) electrons. The van der Waals surface area contributed by atoms with E-state index in [1.807, 2.05) is 0 Å². The first-order valence-electron chi connectivity index (χ1n) is 13.7. The van der Waals surface area contributed by atoms with Gasteiger partial charge in [0.25, 0.3) is 0 Å². The first-order chi connectivity index (χ1) is 18.9. The van der Waals surface area contributed by atoms with Crippen LogP contribution in [0.2, 0.25) is 0 Å². The van der Waals surface area contributed by atoms with Crippen LogP contribution < -0.4 is 10.1 Å². The summed E-state index contributed by atoms with van der Waals surface area (Å²) in [6.07, 6.45) is 5.59. The van der Waals surface area contributed by atoms with Gasteiger partial charge in [-0.15, -0.1) is 0 Å². The zero-order valence-corrected chi connectivity index (χ0v) is 22.2. The number of nitrogens with one attached hydrogen (secondary N) is 1. The van der Waals surface area contributed by atoms with Crippen LogP contribution in [0.4, 0.5) is 10.1 Å². The molecule has 3 aromatic rings. The molecule has 8 heteroatoms. The summed E-state index contributed by atoms with van der Waals surface area (Å²) in [5, 5.41) is 3.13. The normalized spacial score (nSPS) is 18.9. The molecule has 1 amide bonds. The number of aromatic nitrogens is 1. The summed E-state index contributed by atoms with van der Waals surface area (Å²) < 4.78 is 20.2. The van der Waals surface area contributed by atoms with Crippen LogP contribution >= 0.6 is 0 Å². The standard InChI is InChI=1S/C31H33FN4O3/c1-35-14-16-36(17-15-35)31(12-13-31)30(38)34-27-19-22(7-11-29(27)39-23-8-9-23)28(37)18-21-6-10-26(33-20-21)24-4-2-3-5-25(24)32/h2-7,10-11,19-20,23H,8-9,12-18H2,1H3,(H,34,38). The number of carbonyl (C=O) groups excluding carboxylic acids is 2. The Morgan fingerprint density at radius 3 is 2.49 bits per heavy atom. The largest absolute Gasteiger partial charge is 0.488 e. The van der Waals surface area contributed by atoms with E-state index < -0.39 is 5.54 Å². The molecule has 202 valence electrons. The Labute approximate surface area is 228 Å². The second kappa shape index (κ2) is 10.5. The molecule has 6 rings (SSSR count). The molecular weight excluding hydrogens is 495 g/mol. The minimum Gasteiger partial charge on any atom is -0.488 e. The van der Waals surface area contributed by atoms with Crippen LogP contribution in [0.25, 0.3) is 11.3 Å². The molecule has 0 spiro atoms. The molecular formula is C31H33FN4O3. The van der Waals surface area contributed by atoms with Crippen molar-refractivity contribution >= 4 is 17.4 Å². The molecule has 7 nitrogen and oxygen atoms in total. The highest BCUT2D eigenvalue weighted by molar-refractivity contribution is 6.03. The fraction of sp³-hybridized carbons (Fsp3) is 0.387. The molecule has 3 aliphatic rings. The number of Topliss-reactive ketones (excluding diaryl/α,β-unsaturated/α-hetero) is 1. The van der Waals surface area contributed by atoms with Crippen molar-refractivity contribution in [2.45, 2.75) is 43.7 Å². The van der Waals surface area contributed by atoms with Gasteiger partial charge in [0.15, 0.2) is 5.78 Å². The quantitative estimate of drug-likeness (QED) is 0.410. The van der Waals surface area contributed by atoms with E-state index in [0.29, 0.717) is 28.3 Å². The summed E-state index contributed by atoms with van der Waals surface area (Å²) >= 11 is 0. The highest BCUT2D eigenvalue weighted by Crippen LogP contribution is 2.44. The van der Waals surface area contributed by atoms with Gasteiger partial charge >= 0.3 is 0 Å². The minimum absolute atomic E-state index is 0.0229. The maximum atomic E-state index is 14.1. The van der Waals surface area contributed by atoms with Gasteiger partial charge in [-0.1, -0.05) is 18.2 Å². The lowest BCUT2D eigenvalue weighted by Gasteiger charge is -2.37. The number of halogens is 1. The molecule has 1 aromatic heterocycles. The van der Waals surface area contributed by atoms with Crippen molar-refractivity contribution in [2.75, 3.05) is 38.5 Å². The van der Waals surface area contributed by atoms with Gasteiger partial charge in [0.1, 0.15) is 17.1 Å². The van der Waals surface area contributed by atoms with Crippen molar-refractivity contribution in [1.29, 1.82) is 0 Å². The smallest absolute Gasteiger partial charge is 0.245 e. The first kappa shape index (κ1) is 25.6. The number of benzene rings is 2. The molecule has 0 unspecified atom stereocenters. The number of ketones is 1. The van der Waals surface area contributed by atoms with Crippen LogP contribution in [0.1, 0.15) is 41.6 Å². The zero-order valence-electron chi connectivity index (χ0n) is 22.2. The number of hydrogen-bond acceptors (Lipinski definition) is 6. The van der Waals surface area contributed by atoms with Crippen LogP contribution in [0, 0.1) is 5.82 Å². The number of amides is 1. The SMILES string of the molecule is CN1CCN(C2(C(=O)Nc3cc(C(=O)Cc4ccc(-c5ccccc5F)nc4)ccc3OC3CC3)CC2)CC1. The number of pyridine rings is 1. The summed E-state index contributed by atoms with van der Waals surface area (Å²) in [4.78, 5) is 35.7. The summed E-state index contributed by atoms with van der Waals surface area (Å²) in [5.41, 5.74) is 2.25. The van der Waals surface area contributed by atoms with Crippen LogP contribution in [0.5, 0.6) is 5.75 Å². The van der Waals surface area contributed by atoms with Crippen LogP contribution in [0.15, 0.2) is 60.8 Å². The Kier molecular flexibility index (Phi) is 6.91. The molecule has 39 heavy (non-hydrogen) atoms. The lowest BCUT2D eigenvalue weighted by Crippen LogP contribution is -2.54. The highest BCUT2D eigenvalue weighted by atomic mass is 19.1. The Morgan fingerprint density at radius 2 is 1.82 bits per heavy atom. The molecule has 3 fully saturated rings. The van der Waals surface area contributed by atoms with Crippen LogP contribution in [-0.4, -0.2) is 71.3 Å². The van der Waals surface area contributed by atoms with Crippen molar-refractivity contribution in [3.63, 3.8) is 0 Å². The highest BCUT2D eigenvalue weighted by Gasteiger charge is 2.54. The second-order valence-corrected chi connectivity index (χ2v) is 10.9. The lowest BCUT2D eigenvalue weighted by atomic mass is 10.0. The number of rotatable bonds is 9. The number of likely N-dealkylation sites (N-methyl/N-ethyl adjacent to an activating group) is 1. The van der Waals surface area contributed by atoms with Gasteiger partial charge in [-0.25, -0.2) is 4.39 Å². The zero-order chi connectivity index (χ0) is 27.0. The van der Waals surface area contributed by atoms with Crippen molar-refractivity contribution < 1.29 is 18.7 Å². The maximum absolute atomic E-state index is 14.1. The number of ether oxygens (including phenoxy) is 1. The van der Waals surface area contributed by atoms with Gasteiger partial charge in [0.2, 0.25) is 5.91 Å². The summed E-state index contributed by atoms with van der Waals surface area (Å²) in [7, 11) is 2.11. The number of carbonyl (C=O) groups is 2. The van der Waals surface area contributed by atoms with E-state index in [1.54, 1.807) is 54.7 Å². The predicted molar refractivity (Wildman–Crippen MR) is 147 cm³/mol. The number of anilines is 1. The van der Waals surface area contributed by atoms with Crippen LogP contribution in [-0.2, 0) is 11.2 Å². The summed E-state index contributed by atoms with van der Waals surface area (Å²) in [5.74, 6) is 0.152. The maximum Gasteiger partial charge on any atom is 0.245 e. The van der Waals surface area contributed by atoms with E-state index in [-0.39, 0.29) is 30.0 Å². The van der Waals surface area contributed by atoms with Gasteiger partial charge in [0.05, 0.1) is 17.5 Å². The van der Waals surface area contributed by atoms with Crippen molar-refractivity contribution in [3.05, 3.63) is 77.7 Å². The summed E-state index contributed by atoms with van der Waals surface area (Å²) in [6, 6.07) is 15.3. The Bertz CT molecular complexity index is 1380. The van der Waals surface area contributed by atoms with Crippen LogP contribution in [0.3, 0.4) is 0 Å². The van der Waals surface area contributed by atoms with Crippen molar-refractivity contribution in [3.8, 4) is 17.0 Å². The molecule has 2 aromatic carbocycles. The van der Waals surface area contributed by atoms with E-state index in [0.717, 1.165) is 57.4 Å². The average molecular weight is 529 g/mol. The van der Waals surface area contributed by atoms with E-state index >= 15 is 0 Å². The second-order valence-electron chi connectivity index (χ2n) is 10.9. The van der Waals surface area contributed by atoms with E-state index in [2.05, 4.69) is 27.1 Å². The molecule has 0 atom stereocenters. The third-order valence-electron chi connectivity index (χ3n) is 7.96. The Hall–Kier alpha value is -3.62. The van der Waals surface area contributed by atoms with E-state index in [9.17, 15) is 14.0 Å². The molecule has 1 N–H and O–H groups in total. The van der Waals surface area contributed by atoms with E-state index in [4.69, 9.17) is 4.74 Å². The van der Waals surface area contributed by atoms with Crippen molar-refractivity contribution in [2.24, 2.45) is 0 Å². The molecule has 1 aliphatic heterocycles. The van der Waals surface area contributed by atoms with Gasteiger partial charge in [-0.3, -0.25) is 19.5 Å². The van der Waals surface area contributed by atoms with E-state index in [1.165, 1.54) is 6.07 Å². The van der Waals surface area contributed by atoms with Gasteiger partial charge in [0, 0.05) is 49.9 Å². The third-order valence-corrected chi connectivity index (χ3v) is 7.96. The topological polar surface area (TPSA) is 74.8 Å². The Morgan fingerprint density at radius 1 is 1.05 bits per heavy atom. The summed E-state index contributed by atoms with van der Waals surface area (Å²) in [6.45, 7) is 3.64. The fourth-order valence-electron chi connectivity index (χ4n) is 5.19. The number of piperazine rings is 1.